The van der Waals surface area contributed by atoms with Crippen molar-refractivity contribution >= 4 is 5.91 Å². The van der Waals surface area contributed by atoms with Crippen LogP contribution in [-0.4, -0.2) is 19.0 Å². The smallest absolute Gasteiger partial charge is 0.227 e. The van der Waals surface area contributed by atoms with Crippen molar-refractivity contribution in [2.24, 2.45) is 17.1 Å². The number of carbonyl (C=O) groups is 1. The molecule has 0 radical (unpaired) electrons. The summed E-state index contributed by atoms with van der Waals surface area (Å²) in [4.78, 5) is 12.2. The van der Waals surface area contributed by atoms with Gasteiger partial charge in [0.15, 0.2) is 0 Å². The van der Waals surface area contributed by atoms with E-state index in [4.69, 9.17) is 5.73 Å². The van der Waals surface area contributed by atoms with Crippen molar-refractivity contribution < 1.29 is 4.79 Å². The van der Waals surface area contributed by atoms with Crippen LogP contribution in [0.5, 0.6) is 0 Å². The van der Waals surface area contributed by atoms with Crippen LogP contribution in [0.3, 0.4) is 0 Å². The lowest BCUT2D eigenvalue weighted by Gasteiger charge is -2.34. The van der Waals surface area contributed by atoms with Gasteiger partial charge in [0, 0.05) is 13.1 Å². The molecule has 16 heavy (non-hydrogen) atoms. The molecule has 2 saturated carbocycles. The van der Waals surface area contributed by atoms with Crippen LogP contribution in [0.25, 0.3) is 0 Å². The summed E-state index contributed by atoms with van der Waals surface area (Å²) in [5, 5.41) is 3.10. The van der Waals surface area contributed by atoms with Crippen LogP contribution in [0.15, 0.2) is 0 Å². The average Bonchev–Trinajstić information content (AvgIpc) is 3.14. The second kappa shape index (κ2) is 5.17. The summed E-state index contributed by atoms with van der Waals surface area (Å²) in [6, 6.07) is 0. The van der Waals surface area contributed by atoms with E-state index in [1.807, 2.05) is 0 Å². The molecule has 0 saturated heterocycles. The molecule has 2 fully saturated rings. The third kappa shape index (κ3) is 2.76. The minimum Gasteiger partial charge on any atom is -0.356 e. The Balaban J connectivity index is 1.79. The van der Waals surface area contributed by atoms with Crippen LogP contribution in [0.1, 0.15) is 51.4 Å². The lowest BCUT2D eigenvalue weighted by molar-refractivity contribution is -0.132. The zero-order valence-electron chi connectivity index (χ0n) is 10.1. The second-order valence-corrected chi connectivity index (χ2v) is 5.53. The largest absolute Gasteiger partial charge is 0.356 e. The number of nitrogens with one attached hydrogen (secondary N) is 1. The summed E-state index contributed by atoms with van der Waals surface area (Å²) in [7, 11) is 0. The van der Waals surface area contributed by atoms with Gasteiger partial charge in [0.2, 0.25) is 5.91 Å². The van der Waals surface area contributed by atoms with Crippen molar-refractivity contribution in [1.82, 2.24) is 5.32 Å². The SMILES string of the molecule is NCC1(C(=O)NCCC2CC2)CCCCC1. The number of hydrogen-bond acceptors (Lipinski definition) is 2. The molecular formula is C13H24N2O. The van der Waals surface area contributed by atoms with Crippen LogP contribution in [0.4, 0.5) is 0 Å². The Bertz CT molecular complexity index is 242. The summed E-state index contributed by atoms with van der Waals surface area (Å²) < 4.78 is 0. The molecule has 2 aliphatic carbocycles. The molecule has 0 spiro atoms. The number of amides is 1. The van der Waals surface area contributed by atoms with Gasteiger partial charge in [-0.2, -0.15) is 0 Å². The highest BCUT2D eigenvalue weighted by Gasteiger charge is 2.37. The van der Waals surface area contributed by atoms with Crippen molar-refractivity contribution in [3.63, 3.8) is 0 Å². The summed E-state index contributed by atoms with van der Waals surface area (Å²) in [6.45, 7) is 1.37. The Morgan fingerprint density at radius 1 is 1.25 bits per heavy atom. The van der Waals surface area contributed by atoms with Gasteiger partial charge in [-0.05, 0) is 25.2 Å². The predicted octanol–water partition coefficient (Wildman–Crippen LogP) is 1.81. The summed E-state index contributed by atoms with van der Waals surface area (Å²) in [5.74, 6) is 1.11. The minimum atomic E-state index is -0.234. The molecule has 92 valence electrons. The molecule has 0 bridgehead atoms. The molecule has 0 unspecified atom stereocenters. The van der Waals surface area contributed by atoms with E-state index in [0.717, 1.165) is 44.6 Å². The first kappa shape index (κ1) is 11.9. The topological polar surface area (TPSA) is 55.1 Å². The van der Waals surface area contributed by atoms with Gasteiger partial charge in [0.25, 0.3) is 0 Å². The van der Waals surface area contributed by atoms with Crippen molar-refractivity contribution in [3.05, 3.63) is 0 Å². The number of rotatable bonds is 5. The average molecular weight is 224 g/mol. The van der Waals surface area contributed by atoms with Crippen LogP contribution < -0.4 is 11.1 Å². The van der Waals surface area contributed by atoms with Crippen LogP contribution >= 0.6 is 0 Å². The Kier molecular flexibility index (Phi) is 3.85. The van der Waals surface area contributed by atoms with Crippen LogP contribution in [-0.2, 0) is 4.79 Å². The Morgan fingerprint density at radius 3 is 2.50 bits per heavy atom. The monoisotopic (exact) mass is 224 g/mol. The molecule has 0 aromatic heterocycles. The standard InChI is InChI=1S/C13H24N2O/c14-10-13(7-2-1-3-8-13)12(16)15-9-6-11-4-5-11/h11H,1-10,14H2,(H,15,16). The highest BCUT2D eigenvalue weighted by atomic mass is 16.2. The summed E-state index contributed by atoms with van der Waals surface area (Å²) in [5.41, 5.74) is 5.59. The molecule has 1 amide bonds. The minimum absolute atomic E-state index is 0.218. The first-order chi connectivity index (χ1) is 7.77. The maximum atomic E-state index is 12.2. The van der Waals surface area contributed by atoms with E-state index in [1.54, 1.807) is 0 Å². The number of carbonyl (C=O) groups excluding carboxylic acids is 1. The van der Waals surface area contributed by atoms with Crippen molar-refractivity contribution in [3.8, 4) is 0 Å². The second-order valence-electron chi connectivity index (χ2n) is 5.53. The maximum absolute atomic E-state index is 12.2. The van der Waals surface area contributed by atoms with E-state index in [0.29, 0.717) is 6.54 Å². The Morgan fingerprint density at radius 2 is 1.94 bits per heavy atom. The first-order valence-corrected chi connectivity index (χ1v) is 6.75. The van der Waals surface area contributed by atoms with E-state index in [9.17, 15) is 4.79 Å². The Labute approximate surface area is 98.2 Å². The van der Waals surface area contributed by atoms with Gasteiger partial charge in [-0.15, -0.1) is 0 Å². The molecule has 2 rings (SSSR count). The van der Waals surface area contributed by atoms with E-state index in [2.05, 4.69) is 5.32 Å². The van der Waals surface area contributed by atoms with Crippen molar-refractivity contribution in [2.45, 2.75) is 51.4 Å². The summed E-state index contributed by atoms with van der Waals surface area (Å²) in [6.07, 6.45) is 9.43. The highest BCUT2D eigenvalue weighted by Crippen LogP contribution is 2.36. The predicted molar refractivity (Wildman–Crippen MR) is 64.9 cm³/mol. The molecule has 0 aliphatic heterocycles. The highest BCUT2D eigenvalue weighted by molar-refractivity contribution is 5.82. The fourth-order valence-corrected chi connectivity index (χ4v) is 2.74. The molecule has 0 heterocycles. The quantitative estimate of drug-likeness (QED) is 0.748. The lowest BCUT2D eigenvalue weighted by atomic mass is 9.73. The van der Waals surface area contributed by atoms with E-state index in [-0.39, 0.29) is 11.3 Å². The fourth-order valence-electron chi connectivity index (χ4n) is 2.74. The zero-order chi connectivity index (χ0) is 11.4. The molecule has 0 aromatic rings. The van der Waals surface area contributed by atoms with Crippen molar-refractivity contribution in [2.75, 3.05) is 13.1 Å². The molecule has 3 nitrogen and oxygen atoms in total. The lowest BCUT2D eigenvalue weighted by Crippen LogP contribution is -2.47. The molecule has 0 atom stereocenters. The van der Waals surface area contributed by atoms with Gasteiger partial charge in [-0.3, -0.25) is 4.79 Å². The van der Waals surface area contributed by atoms with E-state index < -0.39 is 0 Å². The van der Waals surface area contributed by atoms with Gasteiger partial charge >= 0.3 is 0 Å². The molecule has 3 heteroatoms. The molecular weight excluding hydrogens is 200 g/mol. The molecule has 3 N–H and O–H groups in total. The van der Waals surface area contributed by atoms with Crippen LogP contribution in [0.2, 0.25) is 0 Å². The first-order valence-electron chi connectivity index (χ1n) is 6.75. The normalized spacial score (nSPS) is 24.1. The maximum Gasteiger partial charge on any atom is 0.227 e. The third-order valence-electron chi connectivity index (χ3n) is 4.22. The van der Waals surface area contributed by atoms with Gasteiger partial charge in [-0.1, -0.05) is 32.1 Å². The van der Waals surface area contributed by atoms with Crippen molar-refractivity contribution in [1.29, 1.82) is 0 Å². The van der Waals surface area contributed by atoms with Crippen LogP contribution in [0, 0.1) is 11.3 Å². The summed E-state index contributed by atoms with van der Waals surface area (Å²) >= 11 is 0. The van der Waals surface area contributed by atoms with Gasteiger partial charge < -0.3 is 11.1 Å². The number of nitrogens with two attached hydrogens (primary N) is 1. The third-order valence-corrected chi connectivity index (χ3v) is 4.22. The molecule has 2 aliphatic rings. The number of hydrogen-bond donors (Lipinski definition) is 2. The van der Waals surface area contributed by atoms with E-state index in [1.165, 1.54) is 19.3 Å². The fraction of sp³-hybridized carbons (Fsp3) is 0.923. The zero-order valence-corrected chi connectivity index (χ0v) is 10.1. The van der Waals surface area contributed by atoms with Gasteiger partial charge in [0.1, 0.15) is 0 Å². The van der Waals surface area contributed by atoms with Gasteiger partial charge in [-0.25, -0.2) is 0 Å². The molecule has 0 aromatic carbocycles. The van der Waals surface area contributed by atoms with Gasteiger partial charge in [0.05, 0.1) is 5.41 Å². The Hall–Kier alpha value is -0.570. The van der Waals surface area contributed by atoms with E-state index >= 15 is 0 Å².